The Labute approximate surface area is 121 Å². The molecule has 0 radical (unpaired) electrons. The summed E-state index contributed by atoms with van der Waals surface area (Å²) in [5.74, 6) is 0.155. The summed E-state index contributed by atoms with van der Waals surface area (Å²) in [6.45, 7) is 4.89. The van der Waals surface area contributed by atoms with Crippen molar-refractivity contribution in [2.24, 2.45) is 0 Å². The Morgan fingerprint density at radius 1 is 1.30 bits per heavy atom. The summed E-state index contributed by atoms with van der Waals surface area (Å²) < 4.78 is 0. The van der Waals surface area contributed by atoms with E-state index in [1.807, 2.05) is 12.1 Å². The summed E-state index contributed by atoms with van der Waals surface area (Å²) in [5.41, 5.74) is 3.99. The molecule has 0 unspecified atom stereocenters. The third-order valence-corrected chi connectivity index (χ3v) is 3.81. The van der Waals surface area contributed by atoms with Crippen LogP contribution in [0.1, 0.15) is 30.4 Å². The highest BCUT2D eigenvalue weighted by atomic mass is 16.1. The Bertz CT molecular complexity index is 480. The summed E-state index contributed by atoms with van der Waals surface area (Å²) in [4.78, 5) is 11.8. The van der Waals surface area contributed by atoms with Crippen molar-refractivity contribution >= 4 is 5.91 Å². The van der Waals surface area contributed by atoms with Gasteiger partial charge in [0.25, 0.3) is 0 Å². The van der Waals surface area contributed by atoms with Crippen molar-refractivity contribution in [3.8, 4) is 0 Å². The molecule has 20 heavy (non-hydrogen) atoms. The van der Waals surface area contributed by atoms with E-state index in [1.54, 1.807) is 0 Å². The third kappa shape index (κ3) is 4.82. The van der Waals surface area contributed by atoms with Crippen molar-refractivity contribution in [2.45, 2.75) is 32.6 Å². The van der Waals surface area contributed by atoms with Crippen LogP contribution in [0.15, 0.2) is 35.9 Å². The van der Waals surface area contributed by atoms with E-state index in [4.69, 9.17) is 0 Å². The van der Waals surface area contributed by atoms with Gasteiger partial charge in [-0.1, -0.05) is 35.9 Å². The molecule has 0 fully saturated rings. The van der Waals surface area contributed by atoms with Gasteiger partial charge in [-0.15, -0.1) is 0 Å². The molecule has 2 rings (SSSR count). The van der Waals surface area contributed by atoms with E-state index in [9.17, 15) is 4.79 Å². The van der Waals surface area contributed by atoms with E-state index in [1.165, 1.54) is 16.7 Å². The molecule has 3 nitrogen and oxygen atoms in total. The van der Waals surface area contributed by atoms with Gasteiger partial charge >= 0.3 is 0 Å². The van der Waals surface area contributed by atoms with Gasteiger partial charge in [0.15, 0.2) is 0 Å². The zero-order valence-electron chi connectivity index (χ0n) is 12.2. The average Bonchev–Trinajstić information content (AvgIpc) is 2.47. The van der Waals surface area contributed by atoms with Crippen molar-refractivity contribution in [1.82, 2.24) is 10.6 Å². The van der Waals surface area contributed by atoms with Crippen LogP contribution in [-0.4, -0.2) is 25.5 Å². The van der Waals surface area contributed by atoms with Crippen LogP contribution in [0, 0.1) is 6.92 Å². The number of hydrogen-bond acceptors (Lipinski definition) is 2. The number of aryl methyl sites for hydroxylation is 2. The fourth-order valence-corrected chi connectivity index (χ4v) is 2.49. The monoisotopic (exact) mass is 272 g/mol. The molecule has 0 bridgehead atoms. The Balaban J connectivity index is 1.65. The number of carbonyl (C=O) groups is 1. The highest BCUT2D eigenvalue weighted by Gasteiger charge is 2.05. The summed E-state index contributed by atoms with van der Waals surface area (Å²) in [6, 6.07) is 8.26. The summed E-state index contributed by atoms with van der Waals surface area (Å²) >= 11 is 0. The molecule has 2 N–H and O–H groups in total. The molecule has 1 heterocycles. The van der Waals surface area contributed by atoms with E-state index in [0.29, 0.717) is 6.42 Å². The van der Waals surface area contributed by atoms with Crippen LogP contribution in [0.2, 0.25) is 0 Å². The fraction of sp³-hybridized carbons (Fsp3) is 0.471. The topological polar surface area (TPSA) is 41.1 Å². The minimum absolute atomic E-state index is 0.155. The minimum atomic E-state index is 0.155. The first-order valence-corrected chi connectivity index (χ1v) is 7.45. The van der Waals surface area contributed by atoms with Gasteiger partial charge in [0.05, 0.1) is 0 Å². The third-order valence-electron chi connectivity index (χ3n) is 3.81. The van der Waals surface area contributed by atoms with Crippen LogP contribution in [-0.2, 0) is 11.2 Å². The lowest BCUT2D eigenvalue weighted by molar-refractivity contribution is -0.121. The normalized spacial score (nSPS) is 14.8. The van der Waals surface area contributed by atoms with Gasteiger partial charge in [-0.25, -0.2) is 0 Å². The molecular weight excluding hydrogens is 248 g/mol. The van der Waals surface area contributed by atoms with Crippen molar-refractivity contribution in [3.63, 3.8) is 0 Å². The van der Waals surface area contributed by atoms with E-state index >= 15 is 0 Å². The second-order valence-electron chi connectivity index (χ2n) is 5.34. The van der Waals surface area contributed by atoms with Gasteiger partial charge in [-0.3, -0.25) is 4.79 Å². The van der Waals surface area contributed by atoms with Crippen LogP contribution in [0.4, 0.5) is 0 Å². The van der Waals surface area contributed by atoms with Gasteiger partial charge in [0.1, 0.15) is 0 Å². The predicted molar refractivity (Wildman–Crippen MR) is 82.7 cm³/mol. The lowest BCUT2D eigenvalue weighted by atomic mass is 10.0. The van der Waals surface area contributed by atoms with Gasteiger partial charge in [0.2, 0.25) is 5.91 Å². The van der Waals surface area contributed by atoms with Crippen LogP contribution in [0.3, 0.4) is 0 Å². The lowest BCUT2D eigenvalue weighted by Crippen LogP contribution is -2.26. The number of nitrogens with one attached hydrogen (secondary N) is 2. The number of amides is 1. The maximum atomic E-state index is 11.8. The zero-order valence-corrected chi connectivity index (χ0v) is 12.2. The average molecular weight is 272 g/mol. The lowest BCUT2D eigenvalue weighted by Gasteiger charge is -2.14. The van der Waals surface area contributed by atoms with E-state index in [2.05, 4.69) is 35.8 Å². The van der Waals surface area contributed by atoms with Crippen molar-refractivity contribution < 1.29 is 4.79 Å². The van der Waals surface area contributed by atoms with E-state index in [0.717, 1.165) is 38.9 Å². The highest BCUT2D eigenvalue weighted by molar-refractivity contribution is 5.76. The SMILES string of the molecule is Cc1ccccc1CCC(=O)NCCC1=CCNCC1. The molecular formula is C17H24N2O. The number of benzene rings is 1. The molecule has 0 spiro atoms. The maximum Gasteiger partial charge on any atom is 0.220 e. The van der Waals surface area contributed by atoms with Gasteiger partial charge in [0, 0.05) is 19.5 Å². The Hall–Kier alpha value is -1.61. The van der Waals surface area contributed by atoms with Crippen LogP contribution >= 0.6 is 0 Å². The van der Waals surface area contributed by atoms with Crippen molar-refractivity contribution in [2.75, 3.05) is 19.6 Å². The minimum Gasteiger partial charge on any atom is -0.356 e. The van der Waals surface area contributed by atoms with Crippen molar-refractivity contribution in [3.05, 3.63) is 47.0 Å². The van der Waals surface area contributed by atoms with Crippen LogP contribution < -0.4 is 10.6 Å². The molecule has 0 aromatic heterocycles. The Kier molecular flexibility index (Phi) is 5.81. The quantitative estimate of drug-likeness (QED) is 0.781. The highest BCUT2D eigenvalue weighted by Crippen LogP contribution is 2.10. The smallest absolute Gasteiger partial charge is 0.220 e. The summed E-state index contributed by atoms with van der Waals surface area (Å²) in [6.07, 6.45) is 5.73. The zero-order chi connectivity index (χ0) is 14.2. The molecule has 1 amide bonds. The summed E-state index contributed by atoms with van der Waals surface area (Å²) in [7, 11) is 0. The largest absolute Gasteiger partial charge is 0.356 e. The summed E-state index contributed by atoms with van der Waals surface area (Å²) in [5, 5.41) is 6.31. The molecule has 1 aliphatic heterocycles. The molecule has 108 valence electrons. The first-order chi connectivity index (χ1) is 9.75. The number of carbonyl (C=O) groups excluding carboxylic acids is 1. The standard InChI is InChI=1S/C17H24N2O/c1-14-4-2-3-5-16(14)6-7-17(20)19-13-10-15-8-11-18-12-9-15/h2-5,8,18H,6-7,9-13H2,1H3,(H,19,20). The molecule has 0 saturated carbocycles. The first-order valence-electron chi connectivity index (χ1n) is 7.45. The molecule has 0 atom stereocenters. The number of hydrogen-bond donors (Lipinski definition) is 2. The van der Waals surface area contributed by atoms with Crippen LogP contribution in [0.25, 0.3) is 0 Å². The predicted octanol–water partition coefficient (Wildman–Crippen LogP) is 2.35. The van der Waals surface area contributed by atoms with Gasteiger partial charge < -0.3 is 10.6 Å². The van der Waals surface area contributed by atoms with Gasteiger partial charge in [-0.2, -0.15) is 0 Å². The van der Waals surface area contributed by atoms with Crippen LogP contribution in [0.5, 0.6) is 0 Å². The van der Waals surface area contributed by atoms with E-state index < -0.39 is 0 Å². The maximum absolute atomic E-state index is 11.8. The Morgan fingerprint density at radius 3 is 2.90 bits per heavy atom. The second kappa shape index (κ2) is 7.85. The fourth-order valence-electron chi connectivity index (χ4n) is 2.49. The van der Waals surface area contributed by atoms with Gasteiger partial charge in [-0.05, 0) is 43.9 Å². The molecule has 0 saturated heterocycles. The molecule has 3 heteroatoms. The second-order valence-corrected chi connectivity index (χ2v) is 5.34. The van der Waals surface area contributed by atoms with E-state index in [-0.39, 0.29) is 5.91 Å². The molecule has 1 aromatic carbocycles. The molecule has 1 aliphatic rings. The molecule has 1 aromatic rings. The first kappa shape index (κ1) is 14.8. The number of rotatable bonds is 6. The van der Waals surface area contributed by atoms with Crippen molar-refractivity contribution in [1.29, 1.82) is 0 Å². The molecule has 0 aliphatic carbocycles. The Morgan fingerprint density at radius 2 is 2.15 bits per heavy atom.